The molecule has 0 heterocycles. The van der Waals surface area contributed by atoms with Crippen LogP contribution in [0.3, 0.4) is 0 Å². The van der Waals surface area contributed by atoms with Crippen molar-refractivity contribution in [2.24, 2.45) is 4.74 Å². The predicted octanol–water partition coefficient (Wildman–Crippen LogP) is -0.0808. The van der Waals surface area contributed by atoms with Crippen molar-refractivity contribution in [3.05, 3.63) is 23.9 Å². The second-order valence-electron chi connectivity index (χ2n) is 1.41. The Kier molecular flexibility index (Phi) is 16.8. The van der Waals surface area contributed by atoms with E-state index in [1.807, 2.05) is 11.3 Å². The minimum absolute atomic E-state index is 0. The zero-order valence-electron chi connectivity index (χ0n) is 7.03. The summed E-state index contributed by atoms with van der Waals surface area (Å²) >= 11 is 1.40. The molecule has 0 radical (unpaired) electrons. The smallest absolute Gasteiger partial charge is 1.00 e. The van der Waals surface area contributed by atoms with Crippen LogP contribution in [0, 0.1) is 12.2 Å². The summed E-state index contributed by atoms with van der Waals surface area (Å²) in [7, 11) is 4.54. The van der Waals surface area contributed by atoms with E-state index in [0.29, 0.717) is 0 Å². The molecule has 0 aliphatic rings. The summed E-state index contributed by atoms with van der Waals surface area (Å²) in [5.74, 6) is 0. The summed E-state index contributed by atoms with van der Waals surface area (Å²) in [4.78, 5) is 0. The summed E-state index contributed by atoms with van der Waals surface area (Å²) < 4.78 is 6.28. The summed E-state index contributed by atoms with van der Waals surface area (Å²) in [6.45, 7) is 1.85. The van der Waals surface area contributed by atoms with E-state index in [1.54, 1.807) is 6.08 Å². The number of allylic oxidation sites excluding steroid dienone is 4. The molecular weight excluding hydrogens is 370 g/mol. The molecule has 2 unspecified atom stereocenters. The zero-order chi connectivity index (χ0) is 8.53. The maximum Gasteiger partial charge on any atom is 1.00 e. The van der Waals surface area contributed by atoms with Gasteiger partial charge in [-0.15, -0.1) is 0 Å². The number of rotatable bonds is 4. The van der Waals surface area contributed by atoms with Gasteiger partial charge in [0.05, 0.1) is 0 Å². The molecule has 0 saturated carbocycles. The largest absolute Gasteiger partial charge is 1.00 e. The Labute approximate surface area is 102 Å². The first-order valence-corrected chi connectivity index (χ1v) is 8.98. The van der Waals surface area contributed by atoms with Gasteiger partial charge in [-0.3, -0.25) is 0 Å². The van der Waals surface area contributed by atoms with Crippen LogP contribution < -0.4 is 18.9 Å². The molecular formula is C6H8LiNP3W-. The molecule has 1 nitrogen and oxygen atoms in total. The Hall–Kier alpha value is 1.60. The average Bonchev–Trinajstić information content (AvgIpc) is 2.05. The van der Waals surface area contributed by atoms with Gasteiger partial charge in [0, 0.05) is 0 Å². The summed E-state index contributed by atoms with van der Waals surface area (Å²) in [5.41, 5.74) is 0.936. The topological polar surface area (TPSA) is 12.4 Å². The van der Waals surface area contributed by atoms with E-state index in [4.69, 9.17) is 0 Å². The molecule has 0 rings (SSSR count). The molecule has 0 saturated heterocycles. The second-order valence-corrected chi connectivity index (χ2v) is 6.61. The molecule has 6 heteroatoms. The van der Waals surface area contributed by atoms with Gasteiger partial charge >= 0.3 is 103 Å². The van der Waals surface area contributed by atoms with Crippen molar-refractivity contribution in [1.29, 1.82) is 0 Å². The van der Waals surface area contributed by atoms with Crippen LogP contribution in [0.5, 0.6) is 0 Å². The van der Waals surface area contributed by atoms with Crippen LogP contribution >= 0.6 is 24.9 Å². The van der Waals surface area contributed by atoms with Crippen molar-refractivity contribution in [3.63, 3.8) is 0 Å². The van der Waals surface area contributed by atoms with E-state index >= 15 is 0 Å². The van der Waals surface area contributed by atoms with E-state index in [0.717, 1.165) is 21.7 Å². The molecule has 0 spiro atoms. The Morgan fingerprint density at radius 3 is 2.83 bits per heavy atom. The Morgan fingerprint density at radius 2 is 2.42 bits per heavy atom. The van der Waals surface area contributed by atoms with Crippen LogP contribution in [0.15, 0.2) is 16.5 Å². The van der Waals surface area contributed by atoms with Gasteiger partial charge in [0.15, 0.2) is 0 Å². The minimum Gasteiger partial charge on any atom is 1.00 e. The van der Waals surface area contributed by atoms with Gasteiger partial charge in [-0.25, -0.2) is 0 Å². The van der Waals surface area contributed by atoms with Crippen molar-refractivity contribution >= 4 is 29.3 Å². The summed E-state index contributed by atoms with van der Waals surface area (Å²) in [5, 5.41) is 0. The standard InChI is InChI=1S/C6H8NP3.Li.W/c1-3-4-5-6(2)7-9-10-8;;/h2,4,10H,8H2,1H3;;/q-2;+1;. The first-order chi connectivity index (χ1) is 5.35. The normalized spacial score (nSPS) is 13.0. The van der Waals surface area contributed by atoms with Gasteiger partial charge in [0.1, 0.15) is 0 Å². The second kappa shape index (κ2) is 12.6. The monoisotopic (exact) mass is 378 g/mol. The number of nitrogens with zero attached hydrogens (tertiary/aromatic N) is 1. The third kappa shape index (κ3) is 9.68. The average molecular weight is 378 g/mol. The minimum atomic E-state index is 0. The molecule has 0 aromatic carbocycles. The van der Waals surface area contributed by atoms with Gasteiger partial charge in [-0.05, 0) is 0 Å². The molecule has 60 valence electrons. The summed E-state index contributed by atoms with van der Waals surface area (Å²) in [6.07, 6.45) is 7.66. The quantitative estimate of drug-likeness (QED) is 0.281. The Balaban J connectivity index is 0. The van der Waals surface area contributed by atoms with Crippen LogP contribution in [-0.2, 0) is 19.4 Å². The van der Waals surface area contributed by atoms with E-state index in [1.165, 1.54) is 19.4 Å². The van der Waals surface area contributed by atoms with Gasteiger partial charge < -0.3 is 0 Å². The predicted molar refractivity (Wildman–Crippen MR) is 53.7 cm³/mol. The van der Waals surface area contributed by atoms with E-state index in [2.05, 4.69) is 25.8 Å². The van der Waals surface area contributed by atoms with Gasteiger partial charge in [0.2, 0.25) is 0 Å². The maximum atomic E-state index is 4.26. The van der Waals surface area contributed by atoms with Gasteiger partial charge in [-0.1, -0.05) is 0 Å². The molecule has 0 amide bonds. The fraction of sp³-hybridized carbons (Fsp3) is 0.167. The van der Waals surface area contributed by atoms with Crippen molar-refractivity contribution in [2.45, 2.75) is 6.92 Å². The molecule has 0 aliphatic carbocycles. The zero-order valence-corrected chi connectivity index (χ0v) is 13.0. The fourth-order valence-electron chi connectivity index (χ4n) is 0.315. The third-order valence-corrected chi connectivity index (χ3v) is 3.61. The molecule has 0 aromatic heterocycles. The number of hydrogen-bond donors (Lipinski definition) is 0. The first-order valence-electron chi connectivity index (χ1n) is 2.79. The van der Waals surface area contributed by atoms with Crippen LogP contribution in [-0.4, -0.2) is 4.40 Å². The third-order valence-electron chi connectivity index (χ3n) is 0.691. The van der Waals surface area contributed by atoms with Gasteiger partial charge in [0.25, 0.3) is 0 Å². The van der Waals surface area contributed by atoms with Gasteiger partial charge in [-0.2, -0.15) is 0 Å². The number of hydrogen-bond acceptors (Lipinski definition) is 1. The molecule has 0 N–H and O–H groups in total. The molecule has 0 fully saturated rings. The van der Waals surface area contributed by atoms with Crippen molar-refractivity contribution in [1.82, 2.24) is 0 Å². The van der Waals surface area contributed by atoms with Crippen LogP contribution in [0.4, 0.5) is 0 Å². The van der Waals surface area contributed by atoms with Crippen molar-refractivity contribution in [2.75, 3.05) is 0 Å². The molecule has 12 heavy (non-hydrogen) atoms. The van der Waals surface area contributed by atoms with Crippen molar-refractivity contribution < 1.29 is 38.2 Å². The molecule has 0 bridgehead atoms. The Morgan fingerprint density at radius 1 is 1.75 bits per heavy atom. The van der Waals surface area contributed by atoms with Crippen LogP contribution in [0.2, 0.25) is 0 Å². The maximum absolute atomic E-state index is 4.26. The van der Waals surface area contributed by atoms with E-state index in [-0.39, 0.29) is 18.9 Å². The molecule has 0 aromatic rings. The molecule has 2 atom stereocenters. The summed E-state index contributed by atoms with van der Waals surface area (Å²) in [6, 6.07) is 0. The van der Waals surface area contributed by atoms with Crippen LogP contribution in [0.25, 0.3) is 0 Å². The first kappa shape index (κ1) is 16.0. The van der Waals surface area contributed by atoms with E-state index in [9.17, 15) is 0 Å². The molecule has 0 aliphatic heterocycles. The van der Waals surface area contributed by atoms with E-state index < -0.39 is 0 Å². The SMILES string of the molecule is C[C-]=C[C-]=C([CH]=[W])N=PPP.[Li+]. The fourth-order valence-corrected chi connectivity index (χ4v) is 2.35. The Bertz CT molecular complexity index is 203. The van der Waals surface area contributed by atoms with Crippen LogP contribution in [0.1, 0.15) is 6.92 Å². The van der Waals surface area contributed by atoms with Crippen molar-refractivity contribution in [3.8, 4) is 0 Å².